The van der Waals surface area contributed by atoms with Crippen molar-refractivity contribution in [1.29, 1.82) is 0 Å². The first-order valence-corrected chi connectivity index (χ1v) is 16.7. The lowest BCUT2D eigenvalue weighted by Gasteiger charge is -2.24. The van der Waals surface area contributed by atoms with E-state index in [0.29, 0.717) is 17.6 Å². The predicted molar refractivity (Wildman–Crippen MR) is 185 cm³/mol. The van der Waals surface area contributed by atoms with Gasteiger partial charge in [0.15, 0.2) is 23.0 Å². The van der Waals surface area contributed by atoms with E-state index in [4.69, 9.17) is 28.4 Å². The molecule has 0 fully saturated rings. The van der Waals surface area contributed by atoms with E-state index in [1.165, 1.54) is 11.1 Å². The monoisotopic (exact) mass is 616 g/mol. The van der Waals surface area contributed by atoms with Crippen LogP contribution in [0.25, 0.3) is 0 Å². The van der Waals surface area contributed by atoms with Crippen LogP contribution in [0.3, 0.4) is 0 Å². The van der Waals surface area contributed by atoms with Crippen molar-refractivity contribution in [3.05, 3.63) is 35.4 Å². The Balaban J connectivity index is 0.000000440. The van der Waals surface area contributed by atoms with Crippen molar-refractivity contribution < 1.29 is 28.4 Å². The first kappa shape index (κ1) is 39.3. The van der Waals surface area contributed by atoms with Crippen molar-refractivity contribution in [1.82, 2.24) is 0 Å². The van der Waals surface area contributed by atoms with Gasteiger partial charge < -0.3 is 28.4 Å². The Bertz CT molecular complexity index is 1020. The molecule has 0 heterocycles. The quantitative estimate of drug-likeness (QED) is 0.187. The third kappa shape index (κ3) is 14.8. The van der Waals surface area contributed by atoms with Gasteiger partial charge in [0.2, 0.25) is 11.5 Å². The van der Waals surface area contributed by atoms with Gasteiger partial charge in [0.1, 0.15) is 0 Å². The Morgan fingerprint density at radius 1 is 0.386 bits per heavy atom. The normalized spacial score (nSPS) is 11.6. The molecule has 0 bridgehead atoms. The van der Waals surface area contributed by atoms with Crippen molar-refractivity contribution in [2.75, 3.05) is 0 Å². The number of ether oxygens (including phenoxy) is 6. The summed E-state index contributed by atoms with van der Waals surface area (Å²) in [7, 11) is 0. The maximum Gasteiger partial charge on any atom is 0.204 e. The summed E-state index contributed by atoms with van der Waals surface area (Å²) in [4.78, 5) is 0. The Morgan fingerprint density at radius 3 is 1.14 bits per heavy atom. The van der Waals surface area contributed by atoms with Crippen LogP contribution in [0.4, 0.5) is 0 Å². The van der Waals surface area contributed by atoms with Crippen molar-refractivity contribution >= 4 is 0 Å². The Morgan fingerprint density at radius 2 is 0.750 bits per heavy atom. The lowest BCUT2D eigenvalue weighted by molar-refractivity contribution is 0.175. The highest BCUT2D eigenvalue weighted by Gasteiger charge is 2.22. The molecule has 0 spiro atoms. The summed E-state index contributed by atoms with van der Waals surface area (Å²) in [5.74, 6) is 5.71. The van der Waals surface area contributed by atoms with Crippen molar-refractivity contribution in [3.8, 4) is 34.5 Å². The maximum atomic E-state index is 6.10. The van der Waals surface area contributed by atoms with Crippen molar-refractivity contribution in [2.45, 2.75) is 160 Å². The molecule has 2 rings (SSSR count). The van der Waals surface area contributed by atoms with Gasteiger partial charge in [0.05, 0.1) is 36.6 Å². The molecule has 252 valence electrons. The molecule has 44 heavy (non-hydrogen) atoms. The van der Waals surface area contributed by atoms with Crippen LogP contribution in [0.1, 0.15) is 122 Å². The molecule has 0 radical (unpaired) electrons. The minimum atomic E-state index is 0.0679. The summed E-state index contributed by atoms with van der Waals surface area (Å²) in [6.45, 7) is 33.1. The highest BCUT2D eigenvalue weighted by atomic mass is 16.6. The van der Waals surface area contributed by atoms with Gasteiger partial charge >= 0.3 is 0 Å². The predicted octanol–water partition coefficient (Wildman–Crippen LogP) is 10.5. The number of benzene rings is 2. The number of rotatable bonds is 16. The van der Waals surface area contributed by atoms with Crippen LogP contribution in [0.15, 0.2) is 24.3 Å². The van der Waals surface area contributed by atoms with Crippen LogP contribution in [0, 0.1) is 11.8 Å². The first-order chi connectivity index (χ1) is 20.4. The van der Waals surface area contributed by atoms with Gasteiger partial charge in [-0.1, -0.05) is 33.8 Å². The average Bonchev–Trinajstić information content (AvgIpc) is 2.83. The molecule has 6 nitrogen and oxygen atoms in total. The van der Waals surface area contributed by atoms with Crippen molar-refractivity contribution in [3.63, 3.8) is 0 Å². The molecule has 0 N–H and O–H groups in total. The second-order valence-corrected chi connectivity index (χ2v) is 14.0. The lowest BCUT2D eigenvalue weighted by Crippen LogP contribution is -2.15. The summed E-state index contributed by atoms with van der Waals surface area (Å²) in [5.41, 5.74) is 2.40. The van der Waals surface area contributed by atoms with E-state index in [2.05, 4.69) is 45.9 Å². The lowest BCUT2D eigenvalue weighted by atomic mass is 10.0. The zero-order chi connectivity index (χ0) is 33.7. The number of hydrogen-bond donors (Lipinski definition) is 0. The van der Waals surface area contributed by atoms with Gasteiger partial charge in [-0.3, -0.25) is 0 Å². The molecule has 0 atom stereocenters. The molecule has 2 aromatic carbocycles. The molecular formula is C38H64O6. The zero-order valence-electron chi connectivity index (χ0n) is 30.8. The van der Waals surface area contributed by atoms with Crippen LogP contribution < -0.4 is 28.4 Å². The zero-order valence-corrected chi connectivity index (χ0v) is 30.8. The SMILES string of the molecule is CC(C)Cc1cc(OC(C)C)c(OC(C)C)c(OC(C)C)c1.CC(C)Cc1ccc(OC(C)C)c(OC(C)C)c1OC(C)C. The van der Waals surface area contributed by atoms with E-state index >= 15 is 0 Å². The van der Waals surface area contributed by atoms with Crippen LogP contribution >= 0.6 is 0 Å². The summed E-state index contributed by atoms with van der Waals surface area (Å²) in [6.07, 6.45) is 2.46. The molecule has 6 heteroatoms. The van der Waals surface area contributed by atoms with Gasteiger partial charge in [0, 0.05) is 0 Å². The summed E-state index contributed by atoms with van der Waals surface area (Å²) in [5, 5.41) is 0. The molecular weight excluding hydrogens is 552 g/mol. The molecule has 0 aliphatic heterocycles. The Kier molecular flexibility index (Phi) is 16.9. The molecule has 0 saturated heterocycles. The van der Waals surface area contributed by atoms with E-state index < -0.39 is 0 Å². The second kappa shape index (κ2) is 18.9. The first-order valence-electron chi connectivity index (χ1n) is 16.7. The minimum absolute atomic E-state index is 0.0679. The maximum absolute atomic E-state index is 6.10. The van der Waals surface area contributed by atoms with Gasteiger partial charge in [0.25, 0.3) is 0 Å². The van der Waals surface area contributed by atoms with Gasteiger partial charge in [-0.15, -0.1) is 0 Å². The van der Waals surface area contributed by atoms with E-state index in [1.54, 1.807) is 0 Å². The van der Waals surface area contributed by atoms with E-state index in [-0.39, 0.29) is 36.6 Å². The van der Waals surface area contributed by atoms with Crippen LogP contribution in [0.2, 0.25) is 0 Å². The summed E-state index contributed by atoms with van der Waals surface area (Å²) in [6, 6.07) is 8.28. The van der Waals surface area contributed by atoms with Crippen LogP contribution in [0.5, 0.6) is 34.5 Å². The Labute approximate surface area is 270 Å². The van der Waals surface area contributed by atoms with Crippen LogP contribution in [-0.2, 0) is 12.8 Å². The molecule has 0 saturated carbocycles. The second-order valence-electron chi connectivity index (χ2n) is 14.0. The van der Waals surface area contributed by atoms with E-state index in [9.17, 15) is 0 Å². The molecule has 0 aromatic heterocycles. The largest absolute Gasteiger partial charge is 0.487 e. The fraction of sp³-hybridized carbons (Fsp3) is 0.684. The molecule has 0 amide bonds. The van der Waals surface area contributed by atoms with E-state index in [1.807, 2.05) is 89.2 Å². The number of hydrogen-bond acceptors (Lipinski definition) is 6. The third-order valence-corrected chi connectivity index (χ3v) is 5.66. The minimum Gasteiger partial charge on any atom is -0.487 e. The Hall–Kier alpha value is -2.76. The molecule has 2 aromatic rings. The average molecular weight is 617 g/mol. The van der Waals surface area contributed by atoms with Crippen molar-refractivity contribution in [2.24, 2.45) is 11.8 Å². The highest BCUT2D eigenvalue weighted by molar-refractivity contribution is 5.56. The van der Waals surface area contributed by atoms with Crippen LogP contribution in [-0.4, -0.2) is 36.6 Å². The van der Waals surface area contributed by atoms with Gasteiger partial charge in [-0.2, -0.15) is 0 Å². The van der Waals surface area contributed by atoms with Gasteiger partial charge in [-0.05, 0) is 137 Å². The highest BCUT2D eigenvalue weighted by Crippen LogP contribution is 2.43. The topological polar surface area (TPSA) is 55.4 Å². The summed E-state index contributed by atoms with van der Waals surface area (Å²) < 4.78 is 36.0. The third-order valence-electron chi connectivity index (χ3n) is 5.66. The fourth-order valence-electron chi connectivity index (χ4n) is 4.50. The standard InChI is InChI=1S/2C19H32O3/c1-12(2)9-16-10-17(20-13(3)4)19(22-15(7)8)18(11-16)21-14(5)6;1-12(2)11-16-9-10-17(20-13(3)4)19(22-15(7)8)18(16)21-14(5)6/h10-15H,9H2,1-8H3;9-10,12-15H,11H2,1-8H3. The van der Waals surface area contributed by atoms with E-state index in [0.717, 1.165) is 41.6 Å². The summed E-state index contributed by atoms with van der Waals surface area (Å²) >= 11 is 0. The van der Waals surface area contributed by atoms with Gasteiger partial charge in [-0.25, -0.2) is 0 Å². The molecule has 0 aliphatic carbocycles. The molecule has 0 unspecified atom stereocenters. The molecule has 0 aliphatic rings. The smallest absolute Gasteiger partial charge is 0.204 e. The fourth-order valence-corrected chi connectivity index (χ4v) is 4.50.